The zero-order chi connectivity index (χ0) is 21.3. The molecule has 0 saturated carbocycles. The van der Waals surface area contributed by atoms with Gasteiger partial charge in [0.1, 0.15) is 10.0 Å². The van der Waals surface area contributed by atoms with Crippen molar-refractivity contribution in [3.05, 3.63) is 39.9 Å². The van der Waals surface area contributed by atoms with Crippen LogP contribution in [-0.2, 0) is 14.3 Å². The molecule has 2 aromatic heterocycles. The number of esters is 1. The Balaban J connectivity index is 1.94. The number of carbonyl (C=O) groups excluding carboxylic acids is 3. The number of anilines is 1. The number of amides is 2. The van der Waals surface area contributed by atoms with Crippen LogP contribution < -0.4 is 4.90 Å². The second-order valence-corrected chi connectivity index (χ2v) is 8.62. The predicted octanol–water partition coefficient (Wildman–Crippen LogP) is 3.06. The monoisotopic (exact) mass is 434 g/mol. The van der Waals surface area contributed by atoms with Crippen molar-refractivity contribution >= 4 is 51.9 Å². The van der Waals surface area contributed by atoms with Crippen LogP contribution in [0.5, 0.6) is 0 Å². The molecule has 29 heavy (non-hydrogen) atoms. The minimum Gasteiger partial charge on any atom is -0.478 e. The second-order valence-electron chi connectivity index (χ2n) is 6.22. The van der Waals surface area contributed by atoms with Gasteiger partial charge in [0, 0.05) is 17.5 Å². The zero-order valence-electron chi connectivity index (χ0n) is 15.9. The first kappa shape index (κ1) is 21.0. The summed E-state index contributed by atoms with van der Waals surface area (Å²) in [4.78, 5) is 55.3. The molecule has 1 saturated heterocycles. The fourth-order valence-electron chi connectivity index (χ4n) is 2.90. The summed E-state index contributed by atoms with van der Waals surface area (Å²) in [5, 5.41) is 8.89. The molecule has 0 spiro atoms. The van der Waals surface area contributed by atoms with Crippen molar-refractivity contribution in [2.24, 2.45) is 0 Å². The van der Waals surface area contributed by atoms with Crippen LogP contribution in [0.1, 0.15) is 44.5 Å². The lowest BCUT2D eigenvalue weighted by Crippen LogP contribution is -2.32. The summed E-state index contributed by atoms with van der Waals surface area (Å²) in [6.45, 7) is 5.39. The van der Waals surface area contributed by atoms with Crippen LogP contribution in [-0.4, -0.2) is 45.7 Å². The normalized spacial score (nSPS) is 16.4. The number of thiophene rings is 1. The maximum absolute atomic E-state index is 13.0. The fourth-order valence-corrected chi connectivity index (χ4v) is 5.17. The topological polar surface area (TPSA) is 114 Å². The number of carboxylic acid groups (broad SMARTS) is 1. The molecule has 1 aliphatic rings. The molecule has 3 rings (SSSR count). The number of ether oxygens (including phenoxy) is 1. The van der Waals surface area contributed by atoms with E-state index in [2.05, 4.69) is 4.98 Å². The van der Waals surface area contributed by atoms with Crippen molar-refractivity contribution in [3.8, 4) is 0 Å². The van der Waals surface area contributed by atoms with Gasteiger partial charge in [0.15, 0.2) is 0 Å². The average Bonchev–Trinajstić information content (AvgIpc) is 3.10. The maximum atomic E-state index is 13.0. The average molecular weight is 434 g/mol. The first-order valence-electron chi connectivity index (χ1n) is 8.75. The summed E-state index contributed by atoms with van der Waals surface area (Å²) in [5.41, 5.74) is 0.843. The van der Waals surface area contributed by atoms with Gasteiger partial charge in [-0.3, -0.25) is 9.59 Å². The molecule has 0 aliphatic carbocycles. The van der Waals surface area contributed by atoms with E-state index in [1.807, 2.05) is 0 Å². The number of nitrogens with zero attached hydrogens (tertiary/aromatic N) is 2. The lowest BCUT2D eigenvalue weighted by atomic mass is 10.1. The van der Waals surface area contributed by atoms with E-state index in [9.17, 15) is 24.3 Å². The highest BCUT2D eigenvalue weighted by molar-refractivity contribution is 8.00. The fraction of sp³-hybridized carbons (Fsp3) is 0.316. The Labute approximate surface area is 174 Å². The summed E-state index contributed by atoms with van der Waals surface area (Å²) in [6.07, 6.45) is 1.32. The highest BCUT2D eigenvalue weighted by Gasteiger charge is 2.43. The molecule has 3 heterocycles. The number of imide groups is 1. The number of thioether (sulfide) groups is 1. The number of pyridine rings is 1. The van der Waals surface area contributed by atoms with Crippen molar-refractivity contribution in [3.63, 3.8) is 0 Å². The molecule has 2 aromatic rings. The number of hydrogen-bond acceptors (Lipinski definition) is 8. The molecule has 1 N–H and O–H groups in total. The molecule has 1 fully saturated rings. The molecule has 10 heteroatoms. The largest absolute Gasteiger partial charge is 0.478 e. The Morgan fingerprint density at radius 3 is 2.76 bits per heavy atom. The molecule has 1 atom stereocenters. The van der Waals surface area contributed by atoms with Crippen molar-refractivity contribution in [1.82, 2.24) is 4.98 Å². The molecule has 152 valence electrons. The molecular formula is C19H18N2O6S2. The van der Waals surface area contributed by atoms with Crippen LogP contribution in [0.2, 0.25) is 0 Å². The Kier molecular flexibility index (Phi) is 6.04. The van der Waals surface area contributed by atoms with E-state index in [1.165, 1.54) is 29.7 Å². The number of carbonyl (C=O) groups is 4. The summed E-state index contributed by atoms with van der Waals surface area (Å²) >= 11 is 2.12. The molecule has 0 unspecified atom stereocenters. The first-order valence-corrected chi connectivity index (χ1v) is 10.4. The number of aryl methyl sites for hydroxylation is 1. The van der Waals surface area contributed by atoms with Crippen LogP contribution in [0.15, 0.2) is 23.4 Å². The van der Waals surface area contributed by atoms with E-state index < -0.39 is 29.0 Å². The number of carboxylic acids is 1. The van der Waals surface area contributed by atoms with E-state index >= 15 is 0 Å². The summed E-state index contributed by atoms with van der Waals surface area (Å²) in [7, 11) is 0. The Hall–Kier alpha value is -2.72. The van der Waals surface area contributed by atoms with Gasteiger partial charge in [0.25, 0.3) is 0 Å². The van der Waals surface area contributed by atoms with Crippen LogP contribution in [0.25, 0.3) is 0 Å². The Morgan fingerprint density at radius 1 is 1.38 bits per heavy atom. The van der Waals surface area contributed by atoms with Gasteiger partial charge in [-0.05, 0) is 38.5 Å². The van der Waals surface area contributed by atoms with Crippen molar-refractivity contribution in [1.29, 1.82) is 0 Å². The molecule has 1 aliphatic heterocycles. The van der Waals surface area contributed by atoms with E-state index in [4.69, 9.17) is 4.74 Å². The number of rotatable bonds is 6. The van der Waals surface area contributed by atoms with E-state index in [1.54, 1.807) is 20.8 Å². The SMILES string of the molecule is CCOC(=O)c1c(N2C(=O)C[C@@H](Sc3ncccc3C(=O)O)C2=O)sc(C)c1C. The lowest BCUT2D eigenvalue weighted by molar-refractivity contribution is -0.121. The summed E-state index contributed by atoms with van der Waals surface area (Å²) < 4.78 is 5.10. The predicted molar refractivity (Wildman–Crippen MR) is 108 cm³/mol. The maximum Gasteiger partial charge on any atom is 0.341 e. The van der Waals surface area contributed by atoms with E-state index in [0.717, 1.165) is 21.5 Å². The number of hydrogen-bond donors (Lipinski definition) is 1. The second kappa shape index (κ2) is 8.34. The zero-order valence-corrected chi connectivity index (χ0v) is 17.6. The van der Waals surface area contributed by atoms with Gasteiger partial charge in [-0.1, -0.05) is 11.8 Å². The van der Waals surface area contributed by atoms with Gasteiger partial charge < -0.3 is 9.84 Å². The third-order valence-corrected chi connectivity index (χ3v) is 6.80. The van der Waals surface area contributed by atoms with Gasteiger partial charge in [-0.25, -0.2) is 19.5 Å². The first-order chi connectivity index (χ1) is 13.8. The summed E-state index contributed by atoms with van der Waals surface area (Å²) in [6, 6.07) is 2.88. The smallest absolute Gasteiger partial charge is 0.341 e. The number of aromatic carboxylic acids is 1. The molecule has 0 aromatic carbocycles. The lowest BCUT2D eigenvalue weighted by Gasteiger charge is -2.15. The minimum absolute atomic E-state index is 0.0359. The van der Waals surface area contributed by atoms with Crippen LogP contribution in [0.4, 0.5) is 5.00 Å². The molecule has 0 radical (unpaired) electrons. The third-order valence-electron chi connectivity index (χ3n) is 4.41. The van der Waals surface area contributed by atoms with Crippen molar-refractivity contribution in [2.75, 3.05) is 11.5 Å². The van der Waals surface area contributed by atoms with Gasteiger partial charge in [-0.15, -0.1) is 11.3 Å². The number of aromatic nitrogens is 1. The van der Waals surface area contributed by atoms with Crippen LogP contribution >= 0.6 is 23.1 Å². The van der Waals surface area contributed by atoms with Crippen LogP contribution in [0, 0.1) is 13.8 Å². The van der Waals surface area contributed by atoms with Gasteiger partial charge in [0.2, 0.25) is 11.8 Å². The molecule has 8 nitrogen and oxygen atoms in total. The third kappa shape index (κ3) is 3.90. The highest BCUT2D eigenvalue weighted by atomic mass is 32.2. The Morgan fingerprint density at radius 2 is 2.10 bits per heavy atom. The standard InChI is InChI=1S/C19H18N2O6S2/c1-4-27-19(26)14-9(2)10(3)28-17(14)21-13(22)8-12(16(21)23)29-15-11(18(24)25)6-5-7-20-15/h5-7,12H,4,8H2,1-3H3,(H,24,25)/t12-/m1/s1. The molecular weight excluding hydrogens is 416 g/mol. The van der Waals surface area contributed by atoms with Crippen molar-refractivity contribution in [2.45, 2.75) is 37.5 Å². The van der Waals surface area contributed by atoms with E-state index in [0.29, 0.717) is 5.56 Å². The quantitative estimate of drug-likeness (QED) is 0.545. The van der Waals surface area contributed by atoms with Gasteiger partial charge in [0.05, 0.1) is 23.0 Å². The Bertz CT molecular complexity index is 1020. The highest BCUT2D eigenvalue weighted by Crippen LogP contribution is 2.41. The van der Waals surface area contributed by atoms with E-state index in [-0.39, 0.29) is 34.2 Å². The van der Waals surface area contributed by atoms with Gasteiger partial charge in [-0.2, -0.15) is 0 Å². The summed E-state index contributed by atoms with van der Waals surface area (Å²) in [5.74, 6) is -2.71. The molecule has 0 bridgehead atoms. The van der Waals surface area contributed by atoms with Crippen molar-refractivity contribution < 1.29 is 29.0 Å². The minimum atomic E-state index is -1.16. The molecule has 2 amide bonds. The van der Waals surface area contributed by atoms with Gasteiger partial charge >= 0.3 is 11.9 Å². The van der Waals surface area contributed by atoms with Crippen LogP contribution in [0.3, 0.4) is 0 Å².